The summed E-state index contributed by atoms with van der Waals surface area (Å²) in [5.74, 6) is 0.556. The molecule has 0 unspecified atom stereocenters. The Morgan fingerprint density at radius 3 is 2.37 bits per heavy atom. The molecule has 0 fully saturated rings. The van der Waals surface area contributed by atoms with E-state index in [1.165, 1.54) is 0 Å². The van der Waals surface area contributed by atoms with Crippen LogP contribution >= 0.6 is 15.9 Å². The molecule has 27 heavy (non-hydrogen) atoms. The zero-order valence-electron chi connectivity index (χ0n) is 15.6. The summed E-state index contributed by atoms with van der Waals surface area (Å²) in [6.45, 7) is 4.41. The summed E-state index contributed by atoms with van der Waals surface area (Å²) in [6, 6.07) is 17.1. The molecule has 6 heteroatoms. The SMILES string of the molecule is Cc1nn(C)c(C)c1CN(C(=O)COc1ccc(Br)cc1)c1ccccc1. The second-order valence-corrected chi connectivity index (χ2v) is 7.25. The molecule has 0 N–H and O–H groups in total. The minimum atomic E-state index is -0.105. The minimum Gasteiger partial charge on any atom is -0.484 e. The van der Waals surface area contributed by atoms with E-state index < -0.39 is 0 Å². The van der Waals surface area contributed by atoms with Crippen LogP contribution in [0.4, 0.5) is 5.69 Å². The Morgan fingerprint density at radius 2 is 1.78 bits per heavy atom. The van der Waals surface area contributed by atoms with Gasteiger partial charge in [0.2, 0.25) is 0 Å². The maximum absolute atomic E-state index is 13.0. The highest BCUT2D eigenvalue weighted by Crippen LogP contribution is 2.22. The van der Waals surface area contributed by atoms with Gasteiger partial charge in [0, 0.05) is 28.5 Å². The first-order valence-corrected chi connectivity index (χ1v) is 9.48. The molecule has 140 valence electrons. The summed E-state index contributed by atoms with van der Waals surface area (Å²) >= 11 is 3.39. The Morgan fingerprint density at radius 1 is 1.11 bits per heavy atom. The molecule has 0 radical (unpaired) electrons. The second kappa shape index (κ2) is 8.39. The number of ether oxygens (including phenoxy) is 1. The fourth-order valence-electron chi connectivity index (χ4n) is 2.89. The number of anilines is 1. The number of aromatic nitrogens is 2. The standard InChI is InChI=1S/C21H22BrN3O2/c1-15-20(16(2)24(3)23-15)13-25(18-7-5-4-6-8-18)21(26)14-27-19-11-9-17(22)10-12-19/h4-12H,13-14H2,1-3H3. The van der Waals surface area contributed by atoms with E-state index in [9.17, 15) is 4.79 Å². The number of hydrogen-bond acceptors (Lipinski definition) is 3. The van der Waals surface area contributed by atoms with Crippen molar-refractivity contribution in [3.05, 3.63) is 76.0 Å². The normalized spacial score (nSPS) is 10.7. The highest BCUT2D eigenvalue weighted by molar-refractivity contribution is 9.10. The number of hydrogen-bond donors (Lipinski definition) is 0. The lowest BCUT2D eigenvalue weighted by Crippen LogP contribution is -2.34. The van der Waals surface area contributed by atoms with Crippen molar-refractivity contribution >= 4 is 27.5 Å². The molecule has 3 rings (SSSR count). The third-order valence-corrected chi connectivity index (χ3v) is 5.05. The maximum atomic E-state index is 13.0. The molecule has 0 saturated heterocycles. The molecule has 1 amide bonds. The lowest BCUT2D eigenvalue weighted by molar-refractivity contribution is -0.120. The number of amides is 1. The van der Waals surface area contributed by atoms with Crippen LogP contribution in [0.15, 0.2) is 59.1 Å². The summed E-state index contributed by atoms with van der Waals surface area (Å²) in [4.78, 5) is 14.7. The van der Waals surface area contributed by atoms with Crippen LogP contribution in [-0.4, -0.2) is 22.3 Å². The number of carbonyl (C=O) groups excluding carboxylic acids is 1. The number of benzene rings is 2. The molecule has 3 aromatic rings. The fourth-order valence-corrected chi connectivity index (χ4v) is 3.15. The van der Waals surface area contributed by atoms with E-state index in [0.29, 0.717) is 12.3 Å². The number of aryl methyl sites for hydroxylation is 2. The predicted octanol–water partition coefficient (Wildman–Crippen LogP) is 4.41. The van der Waals surface area contributed by atoms with Crippen LogP contribution in [-0.2, 0) is 18.4 Å². The van der Waals surface area contributed by atoms with Gasteiger partial charge in [0.15, 0.2) is 6.61 Å². The summed E-state index contributed by atoms with van der Waals surface area (Å²) in [5.41, 5.74) is 3.87. The first-order chi connectivity index (χ1) is 13.0. The zero-order chi connectivity index (χ0) is 19.4. The van der Waals surface area contributed by atoms with Crippen LogP contribution in [0.25, 0.3) is 0 Å². The summed E-state index contributed by atoms with van der Waals surface area (Å²) in [5, 5.41) is 4.46. The van der Waals surface area contributed by atoms with E-state index in [1.807, 2.05) is 80.2 Å². The number of carbonyl (C=O) groups is 1. The Labute approximate surface area is 167 Å². The third kappa shape index (κ3) is 4.57. The van der Waals surface area contributed by atoms with Crippen molar-refractivity contribution in [2.24, 2.45) is 7.05 Å². The molecule has 5 nitrogen and oxygen atoms in total. The fraction of sp³-hybridized carbons (Fsp3) is 0.238. The largest absolute Gasteiger partial charge is 0.484 e. The van der Waals surface area contributed by atoms with E-state index in [-0.39, 0.29) is 12.5 Å². The summed E-state index contributed by atoms with van der Waals surface area (Å²) < 4.78 is 8.51. The van der Waals surface area contributed by atoms with Crippen molar-refractivity contribution in [1.29, 1.82) is 0 Å². The average Bonchev–Trinajstić information content (AvgIpc) is 2.91. The van der Waals surface area contributed by atoms with Crippen LogP contribution in [0.2, 0.25) is 0 Å². The predicted molar refractivity (Wildman–Crippen MR) is 110 cm³/mol. The van der Waals surface area contributed by atoms with E-state index in [2.05, 4.69) is 21.0 Å². The van der Waals surface area contributed by atoms with Crippen LogP contribution in [0.3, 0.4) is 0 Å². The van der Waals surface area contributed by atoms with Gasteiger partial charge in [-0.05, 0) is 50.2 Å². The van der Waals surface area contributed by atoms with Crippen molar-refractivity contribution in [3.8, 4) is 5.75 Å². The van der Waals surface area contributed by atoms with Crippen molar-refractivity contribution in [2.45, 2.75) is 20.4 Å². The highest BCUT2D eigenvalue weighted by Gasteiger charge is 2.20. The molecular weight excluding hydrogens is 406 g/mol. The number of para-hydroxylation sites is 1. The van der Waals surface area contributed by atoms with Crippen LogP contribution < -0.4 is 9.64 Å². The maximum Gasteiger partial charge on any atom is 0.265 e. The monoisotopic (exact) mass is 427 g/mol. The van der Waals surface area contributed by atoms with E-state index in [0.717, 1.165) is 27.1 Å². The van der Waals surface area contributed by atoms with Crippen LogP contribution in [0.5, 0.6) is 5.75 Å². The van der Waals surface area contributed by atoms with Crippen molar-refractivity contribution < 1.29 is 9.53 Å². The van der Waals surface area contributed by atoms with Gasteiger partial charge in [0.25, 0.3) is 5.91 Å². The molecular formula is C21H22BrN3O2. The second-order valence-electron chi connectivity index (χ2n) is 6.33. The van der Waals surface area contributed by atoms with Crippen LogP contribution in [0, 0.1) is 13.8 Å². The zero-order valence-corrected chi connectivity index (χ0v) is 17.2. The van der Waals surface area contributed by atoms with Gasteiger partial charge in [0.05, 0.1) is 12.2 Å². The number of rotatable bonds is 6. The van der Waals surface area contributed by atoms with E-state index in [1.54, 1.807) is 4.90 Å². The molecule has 0 aliphatic heterocycles. The Bertz CT molecular complexity index is 921. The molecule has 2 aromatic carbocycles. The molecule has 0 atom stereocenters. The van der Waals surface area contributed by atoms with Crippen molar-refractivity contribution in [1.82, 2.24) is 9.78 Å². The molecule has 0 saturated carbocycles. The Kier molecular flexibility index (Phi) is 5.96. The number of nitrogens with zero attached hydrogens (tertiary/aromatic N) is 3. The highest BCUT2D eigenvalue weighted by atomic mass is 79.9. The molecule has 0 spiro atoms. The topological polar surface area (TPSA) is 47.4 Å². The summed E-state index contributed by atoms with van der Waals surface area (Å²) in [7, 11) is 1.91. The van der Waals surface area contributed by atoms with Gasteiger partial charge in [-0.3, -0.25) is 9.48 Å². The van der Waals surface area contributed by atoms with Gasteiger partial charge in [-0.15, -0.1) is 0 Å². The first kappa shape index (κ1) is 19.2. The van der Waals surface area contributed by atoms with Crippen molar-refractivity contribution in [3.63, 3.8) is 0 Å². The molecule has 1 aromatic heterocycles. The molecule has 1 heterocycles. The molecule has 0 aliphatic carbocycles. The quantitative estimate of drug-likeness (QED) is 0.585. The van der Waals surface area contributed by atoms with Gasteiger partial charge < -0.3 is 9.64 Å². The van der Waals surface area contributed by atoms with Gasteiger partial charge in [0.1, 0.15) is 5.75 Å². The van der Waals surface area contributed by atoms with Crippen LogP contribution in [0.1, 0.15) is 17.0 Å². The van der Waals surface area contributed by atoms with Gasteiger partial charge in [-0.25, -0.2) is 0 Å². The van der Waals surface area contributed by atoms with Gasteiger partial charge in [-0.1, -0.05) is 34.1 Å². The Balaban J connectivity index is 1.81. The average molecular weight is 428 g/mol. The molecule has 0 aliphatic rings. The Hall–Kier alpha value is -2.60. The van der Waals surface area contributed by atoms with Gasteiger partial charge >= 0.3 is 0 Å². The van der Waals surface area contributed by atoms with E-state index in [4.69, 9.17) is 4.74 Å². The van der Waals surface area contributed by atoms with Crippen molar-refractivity contribution in [2.75, 3.05) is 11.5 Å². The smallest absolute Gasteiger partial charge is 0.265 e. The van der Waals surface area contributed by atoms with Gasteiger partial charge in [-0.2, -0.15) is 5.10 Å². The summed E-state index contributed by atoms with van der Waals surface area (Å²) in [6.07, 6.45) is 0. The van der Waals surface area contributed by atoms with E-state index >= 15 is 0 Å². The number of halogens is 1. The lowest BCUT2D eigenvalue weighted by atomic mass is 10.1. The third-order valence-electron chi connectivity index (χ3n) is 4.52. The lowest BCUT2D eigenvalue weighted by Gasteiger charge is -2.23. The first-order valence-electron chi connectivity index (χ1n) is 8.68. The molecule has 0 bridgehead atoms. The minimum absolute atomic E-state index is 0.0329.